The van der Waals surface area contributed by atoms with Gasteiger partial charge in [0.15, 0.2) is 0 Å². The highest BCUT2D eigenvalue weighted by Crippen LogP contribution is 2.19. The molecule has 0 aromatic heterocycles. The molecule has 1 saturated heterocycles. The van der Waals surface area contributed by atoms with Crippen molar-refractivity contribution in [2.45, 2.75) is 32.7 Å². The summed E-state index contributed by atoms with van der Waals surface area (Å²) in [6, 6.07) is 6.00. The monoisotopic (exact) mass is 345 g/mol. The summed E-state index contributed by atoms with van der Waals surface area (Å²) in [6.45, 7) is 7.53. The van der Waals surface area contributed by atoms with Crippen LogP contribution in [0.15, 0.2) is 18.2 Å². The minimum absolute atomic E-state index is 0. The Labute approximate surface area is 144 Å². The topological polar surface area (TPSA) is 44.4 Å². The van der Waals surface area contributed by atoms with Crippen molar-refractivity contribution in [3.63, 3.8) is 0 Å². The number of carbonyl (C=O) groups is 1. The third-order valence-corrected chi connectivity index (χ3v) is 4.11. The molecule has 0 aliphatic carbocycles. The van der Waals surface area contributed by atoms with Crippen LogP contribution in [0.5, 0.6) is 0 Å². The fourth-order valence-corrected chi connectivity index (χ4v) is 3.00. The average molecular weight is 346 g/mol. The van der Waals surface area contributed by atoms with Crippen LogP contribution in [0, 0.1) is 6.92 Å². The Bertz CT molecular complexity index is 490. The van der Waals surface area contributed by atoms with E-state index in [4.69, 9.17) is 11.6 Å². The van der Waals surface area contributed by atoms with Gasteiger partial charge in [-0.1, -0.05) is 18.5 Å². The van der Waals surface area contributed by atoms with Gasteiger partial charge in [-0.05, 0) is 56.6 Å². The summed E-state index contributed by atoms with van der Waals surface area (Å²) in [7, 11) is 0. The van der Waals surface area contributed by atoms with Crippen LogP contribution in [0.4, 0.5) is 5.69 Å². The van der Waals surface area contributed by atoms with E-state index in [2.05, 4.69) is 22.5 Å². The molecule has 2 rings (SSSR count). The van der Waals surface area contributed by atoms with Gasteiger partial charge in [0.2, 0.25) is 5.91 Å². The van der Waals surface area contributed by atoms with Gasteiger partial charge in [0.05, 0.1) is 6.54 Å². The van der Waals surface area contributed by atoms with Crippen LogP contribution in [-0.4, -0.2) is 43.0 Å². The molecule has 1 fully saturated rings. The van der Waals surface area contributed by atoms with Gasteiger partial charge in [0.1, 0.15) is 0 Å². The molecule has 1 heterocycles. The van der Waals surface area contributed by atoms with Gasteiger partial charge in [-0.15, -0.1) is 12.4 Å². The molecule has 1 aliphatic heterocycles. The highest BCUT2D eigenvalue weighted by atomic mass is 35.5. The van der Waals surface area contributed by atoms with Crippen LogP contribution in [0.25, 0.3) is 0 Å². The number of carbonyl (C=O) groups excluding carboxylic acids is 1. The van der Waals surface area contributed by atoms with Crippen molar-refractivity contribution in [2.75, 3.05) is 31.5 Å². The molecule has 6 heteroatoms. The van der Waals surface area contributed by atoms with Crippen LogP contribution >= 0.6 is 24.0 Å². The summed E-state index contributed by atoms with van der Waals surface area (Å²) >= 11 is 5.94. The van der Waals surface area contributed by atoms with Crippen LogP contribution in [0.1, 0.15) is 25.3 Å². The number of aryl methyl sites for hydroxylation is 1. The predicted octanol–water partition coefficient (Wildman–Crippen LogP) is 3.08. The molecule has 1 aromatic rings. The third-order valence-electron chi connectivity index (χ3n) is 3.87. The maximum absolute atomic E-state index is 12.3. The molecule has 0 bridgehead atoms. The van der Waals surface area contributed by atoms with E-state index in [1.54, 1.807) is 6.07 Å². The van der Waals surface area contributed by atoms with E-state index >= 15 is 0 Å². The lowest BCUT2D eigenvalue weighted by atomic mass is 10.2. The largest absolute Gasteiger partial charge is 0.325 e. The number of nitrogens with one attached hydrogen (secondary N) is 2. The van der Waals surface area contributed by atoms with Crippen molar-refractivity contribution in [3.8, 4) is 0 Å². The normalized spacial score (nSPS) is 17.4. The lowest BCUT2D eigenvalue weighted by Crippen LogP contribution is -2.42. The summed E-state index contributed by atoms with van der Waals surface area (Å²) < 4.78 is 0. The van der Waals surface area contributed by atoms with Crippen molar-refractivity contribution in [3.05, 3.63) is 28.8 Å². The van der Waals surface area contributed by atoms with E-state index in [9.17, 15) is 4.79 Å². The van der Waals surface area contributed by atoms with Crippen molar-refractivity contribution in [1.29, 1.82) is 0 Å². The van der Waals surface area contributed by atoms with E-state index in [1.165, 1.54) is 0 Å². The molecule has 1 amide bonds. The Hall–Kier alpha value is -0.810. The van der Waals surface area contributed by atoms with E-state index in [0.29, 0.717) is 17.6 Å². The molecule has 124 valence electrons. The van der Waals surface area contributed by atoms with Crippen molar-refractivity contribution >= 4 is 35.6 Å². The molecule has 4 nitrogen and oxygen atoms in total. The Morgan fingerprint density at radius 2 is 2.27 bits per heavy atom. The molecule has 1 unspecified atom stereocenters. The molecule has 0 saturated carbocycles. The highest BCUT2D eigenvalue weighted by molar-refractivity contribution is 6.30. The molecule has 1 aromatic carbocycles. The summed E-state index contributed by atoms with van der Waals surface area (Å²) in [4.78, 5) is 14.6. The average Bonchev–Trinajstić information content (AvgIpc) is 2.95. The molecule has 1 aliphatic rings. The van der Waals surface area contributed by atoms with Crippen molar-refractivity contribution < 1.29 is 4.79 Å². The lowest BCUT2D eigenvalue weighted by Gasteiger charge is -2.27. The zero-order valence-electron chi connectivity index (χ0n) is 13.2. The standard InChI is InChI=1S/C16H24ClN3O.ClH/c1-3-8-20(14-6-7-18-10-14)11-16(21)19-15-5-4-13(17)9-12(15)2;/h4-5,9,14,18H,3,6-8,10-11H2,1-2H3,(H,19,21);1H. The number of hydrogen-bond donors (Lipinski definition) is 2. The van der Waals surface area contributed by atoms with Crippen LogP contribution in [0.3, 0.4) is 0 Å². The Morgan fingerprint density at radius 3 is 2.86 bits per heavy atom. The smallest absolute Gasteiger partial charge is 0.238 e. The van der Waals surface area contributed by atoms with Crippen molar-refractivity contribution in [2.24, 2.45) is 0 Å². The SMILES string of the molecule is CCCN(CC(=O)Nc1ccc(Cl)cc1C)C1CCNC1.Cl. The molecule has 0 spiro atoms. The fourth-order valence-electron chi connectivity index (χ4n) is 2.77. The molecule has 0 radical (unpaired) electrons. The van der Waals surface area contributed by atoms with Crippen LogP contribution in [-0.2, 0) is 4.79 Å². The first-order chi connectivity index (χ1) is 10.1. The second kappa shape index (κ2) is 9.36. The van der Waals surface area contributed by atoms with Gasteiger partial charge < -0.3 is 10.6 Å². The molecule has 22 heavy (non-hydrogen) atoms. The molecular weight excluding hydrogens is 321 g/mol. The molecule has 1 atom stereocenters. The lowest BCUT2D eigenvalue weighted by molar-refractivity contribution is -0.117. The number of benzene rings is 1. The van der Waals surface area contributed by atoms with Gasteiger partial charge >= 0.3 is 0 Å². The molecule has 2 N–H and O–H groups in total. The summed E-state index contributed by atoms with van der Waals surface area (Å²) in [5.41, 5.74) is 1.82. The van der Waals surface area contributed by atoms with E-state index in [0.717, 1.165) is 43.7 Å². The van der Waals surface area contributed by atoms with Gasteiger partial charge in [0, 0.05) is 23.3 Å². The summed E-state index contributed by atoms with van der Waals surface area (Å²) in [5, 5.41) is 7.04. The summed E-state index contributed by atoms with van der Waals surface area (Å²) in [6.07, 6.45) is 2.18. The maximum atomic E-state index is 12.3. The minimum Gasteiger partial charge on any atom is -0.325 e. The van der Waals surface area contributed by atoms with Gasteiger partial charge in [-0.2, -0.15) is 0 Å². The number of amides is 1. The minimum atomic E-state index is 0. The van der Waals surface area contributed by atoms with Crippen molar-refractivity contribution in [1.82, 2.24) is 10.2 Å². The van der Waals surface area contributed by atoms with Crippen LogP contribution in [0.2, 0.25) is 5.02 Å². The Balaban J connectivity index is 0.00000242. The summed E-state index contributed by atoms with van der Waals surface area (Å²) in [5.74, 6) is 0.0424. The van der Waals surface area contributed by atoms with Crippen LogP contribution < -0.4 is 10.6 Å². The first-order valence-corrected chi connectivity index (χ1v) is 7.98. The number of nitrogens with zero attached hydrogens (tertiary/aromatic N) is 1. The second-order valence-corrected chi connectivity index (χ2v) is 6.06. The quantitative estimate of drug-likeness (QED) is 0.832. The number of anilines is 1. The maximum Gasteiger partial charge on any atom is 0.238 e. The predicted molar refractivity (Wildman–Crippen MR) is 95.2 cm³/mol. The fraction of sp³-hybridized carbons (Fsp3) is 0.562. The number of hydrogen-bond acceptors (Lipinski definition) is 3. The third kappa shape index (κ3) is 5.43. The van der Waals surface area contributed by atoms with E-state index in [-0.39, 0.29) is 18.3 Å². The highest BCUT2D eigenvalue weighted by Gasteiger charge is 2.23. The van der Waals surface area contributed by atoms with Gasteiger partial charge in [-0.3, -0.25) is 9.69 Å². The van der Waals surface area contributed by atoms with E-state index in [1.807, 2.05) is 19.1 Å². The number of rotatable bonds is 6. The Kier molecular flexibility index (Phi) is 8.18. The van der Waals surface area contributed by atoms with Gasteiger partial charge in [0.25, 0.3) is 0 Å². The van der Waals surface area contributed by atoms with E-state index < -0.39 is 0 Å². The van der Waals surface area contributed by atoms with Gasteiger partial charge in [-0.25, -0.2) is 0 Å². The Morgan fingerprint density at radius 1 is 1.50 bits per heavy atom. The zero-order valence-corrected chi connectivity index (χ0v) is 14.8. The second-order valence-electron chi connectivity index (χ2n) is 5.62. The zero-order chi connectivity index (χ0) is 15.2. The first kappa shape index (κ1) is 19.2. The first-order valence-electron chi connectivity index (χ1n) is 7.61. The molecular formula is C16H25Cl2N3O. The number of halogens is 2.